The van der Waals surface area contributed by atoms with Crippen molar-refractivity contribution in [2.75, 3.05) is 6.54 Å². The molecule has 0 saturated heterocycles. The van der Waals surface area contributed by atoms with Crippen molar-refractivity contribution < 1.29 is 0 Å². The highest BCUT2D eigenvalue weighted by atomic mass is 14.9. The van der Waals surface area contributed by atoms with Gasteiger partial charge >= 0.3 is 0 Å². The van der Waals surface area contributed by atoms with Gasteiger partial charge in [-0.05, 0) is 26.2 Å². The summed E-state index contributed by atoms with van der Waals surface area (Å²) in [5.74, 6) is 0.135. The summed E-state index contributed by atoms with van der Waals surface area (Å²) in [6.07, 6.45) is 7.97. The van der Waals surface area contributed by atoms with E-state index in [1.54, 1.807) is 0 Å². The lowest BCUT2D eigenvalue weighted by Gasteiger charge is -2.19. The summed E-state index contributed by atoms with van der Waals surface area (Å²) in [7, 11) is 0. The molecular formula is C10H16N2. The molecule has 1 aliphatic rings. The molecule has 0 aliphatic heterocycles. The van der Waals surface area contributed by atoms with Crippen LogP contribution in [0.25, 0.3) is 0 Å². The van der Waals surface area contributed by atoms with E-state index in [1.165, 1.54) is 12.8 Å². The molecule has 66 valence electrons. The minimum atomic E-state index is 0.135. The maximum Gasteiger partial charge on any atom is 0.0666 e. The lowest BCUT2D eigenvalue weighted by Crippen LogP contribution is -2.32. The molecule has 0 bridgehead atoms. The minimum absolute atomic E-state index is 0.135. The van der Waals surface area contributed by atoms with E-state index in [1.807, 2.05) is 6.92 Å². The van der Waals surface area contributed by atoms with Crippen molar-refractivity contribution in [3.63, 3.8) is 0 Å². The van der Waals surface area contributed by atoms with Crippen molar-refractivity contribution in [1.82, 2.24) is 5.32 Å². The second-order valence-corrected chi connectivity index (χ2v) is 3.42. The molecule has 0 heterocycles. The van der Waals surface area contributed by atoms with E-state index in [9.17, 15) is 0 Å². The van der Waals surface area contributed by atoms with Crippen molar-refractivity contribution in [2.24, 2.45) is 5.92 Å². The fraction of sp³-hybridized carbons (Fsp3) is 0.700. The Hall–Kier alpha value is -0.810. The minimum Gasteiger partial charge on any atom is -0.312 e. The number of nitrogens with zero attached hydrogens (tertiary/aromatic N) is 1. The van der Waals surface area contributed by atoms with Gasteiger partial charge in [-0.3, -0.25) is 0 Å². The van der Waals surface area contributed by atoms with Crippen LogP contribution in [0.5, 0.6) is 0 Å². The van der Waals surface area contributed by atoms with Crippen molar-refractivity contribution in [3.05, 3.63) is 12.2 Å². The Balaban J connectivity index is 2.15. The van der Waals surface area contributed by atoms with Gasteiger partial charge in [0.1, 0.15) is 0 Å². The maximum atomic E-state index is 8.56. The molecule has 0 fully saturated rings. The molecule has 0 aromatic heterocycles. The van der Waals surface area contributed by atoms with Crippen LogP contribution in [0.2, 0.25) is 0 Å². The van der Waals surface area contributed by atoms with E-state index in [-0.39, 0.29) is 5.92 Å². The Labute approximate surface area is 74.3 Å². The van der Waals surface area contributed by atoms with Gasteiger partial charge in [-0.2, -0.15) is 5.26 Å². The molecule has 0 aromatic rings. The Kier molecular flexibility index (Phi) is 3.83. The molecule has 1 aliphatic carbocycles. The average molecular weight is 164 g/mol. The second kappa shape index (κ2) is 4.95. The maximum absolute atomic E-state index is 8.56. The Morgan fingerprint density at radius 1 is 1.67 bits per heavy atom. The predicted molar refractivity (Wildman–Crippen MR) is 49.6 cm³/mol. The molecule has 2 unspecified atom stereocenters. The van der Waals surface area contributed by atoms with Gasteiger partial charge in [0, 0.05) is 12.6 Å². The fourth-order valence-corrected chi connectivity index (χ4v) is 1.37. The first kappa shape index (κ1) is 9.28. The van der Waals surface area contributed by atoms with Gasteiger partial charge in [0.2, 0.25) is 0 Å². The molecule has 0 amide bonds. The summed E-state index contributed by atoms with van der Waals surface area (Å²) in [6, 6.07) is 2.83. The van der Waals surface area contributed by atoms with E-state index in [0.717, 1.165) is 13.0 Å². The average Bonchev–Trinajstić information content (AvgIpc) is 2.16. The van der Waals surface area contributed by atoms with Gasteiger partial charge in [-0.15, -0.1) is 0 Å². The molecule has 2 nitrogen and oxygen atoms in total. The van der Waals surface area contributed by atoms with E-state index in [0.29, 0.717) is 6.04 Å². The molecular weight excluding hydrogens is 148 g/mol. The highest BCUT2D eigenvalue weighted by molar-refractivity contribution is 4.93. The van der Waals surface area contributed by atoms with Gasteiger partial charge in [0.05, 0.1) is 12.0 Å². The number of allylic oxidation sites excluding steroid dienone is 1. The van der Waals surface area contributed by atoms with Crippen LogP contribution in [0.1, 0.15) is 26.2 Å². The molecule has 1 rings (SSSR count). The second-order valence-electron chi connectivity index (χ2n) is 3.42. The summed E-state index contributed by atoms with van der Waals surface area (Å²) in [4.78, 5) is 0. The Morgan fingerprint density at radius 3 is 3.08 bits per heavy atom. The normalized spacial score (nSPS) is 24.8. The smallest absolute Gasteiger partial charge is 0.0666 e. The lowest BCUT2D eigenvalue weighted by atomic mass is 10.0. The topological polar surface area (TPSA) is 35.8 Å². The largest absolute Gasteiger partial charge is 0.312 e. The van der Waals surface area contributed by atoms with Gasteiger partial charge in [0.25, 0.3) is 0 Å². The van der Waals surface area contributed by atoms with Crippen LogP contribution in [-0.2, 0) is 0 Å². The number of nitriles is 1. The molecule has 2 heteroatoms. The lowest BCUT2D eigenvalue weighted by molar-refractivity contribution is 0.454. The number of hydrogen-bond donors (Lipinski definition) is 1. The van der Waals surface area contributed by atoms with Crippen molar-refractivity contribution in [1.29, 1.82) is 5.26 Å². The molecule has 1 N–H and O–H groups in total. The summed E-state index contributed by atoms with van der Waals surface area (Å²) in [5.41, 5.74) is 0. The third kappa shape index (κ3) is 3.06. The molecule has 12 heavy (non-hydrogen) atoms. The van der Waals surface area contributed by atoms with Gasteiger partial charge in [-0.1, -0.05) is 12.2 Å². The molecule has 2 atom stereocenters. The van der Waals surface area contributed by atoms with Gasteiger partial charge in [0.15, 0.2) is 0 Å². The Bertz CT molecular complexity index is 191. The van der Waals surface area contributed by atoms with Crippen LogP contribution in [0.15, 0.2) is 12.2 Å². The first-order valence-corrected chi connectivity index (χ1v) is 4.61. The van der Waals surface area contributed by atoms with E-state index in [4.69, 9.17) is 5.26 Å². The zero-order valence-electron chi connectivity index (χ0n) is 7.59. The SMILES string of the molecule is CC(C#N)CNC1CC=CCC1. The van der Waals surface area contributed by atoms with Crippen LogP contribution in [0, 0.1) is 17.2 Å². The quantitative estimate of drug-likeness (QED) is 0.646. The van der Waals surface area contributed by atoms with Crippen LogP contribution in [-0.4, -0.2) is 12.6 Å². The van der Waals surface area contributed by atoms with Crippen LogP contribution in [0.4, 0.5) is 0 Å². The fourth-order valence-electron chi connectivity index (χ4n) is 1.37. The number of hydrogen-bond acceptors (Lipinski definition) is 2. The van der Waals surface area contributed by atoms with Crippen molar-refractivity contribution in [2.45, 2.75) is 32.2 Å². The van der Waals surface area contributed by atoms with Crippen LogP contribution >= 0.6 is 0 Å². The molecule has 0 spiro atoms. The third-order valence-electron chi connectivity index (χ3n) is 2.20. The highest BCUT2D eigenvalue weighted by Gasteiger charge is 2.09. The zero-order chi connectivity index (χ0) is 8.81. The molecule has 0 aromatic carbocycles. The standard InChI is InChI=1S/C10H16N2/c1-9(7-11)8-12-10-5-3-2-4-6-10/h2-3,9-10,12H,4-6,8H2,1H3. The number of rotatable bonds is 3. The van der Waals surface area contributed by atoms with E-state index >= 15 is 0 Å². The van der Waals surface area contributed by atoms with Crippen LogP contribution in [0.3, 0.4) is 0 Å². The highest BCUT2D eigenvalue weighted by Crippen LogP contribution is 2.10. The van der Waals surface area contributed by atoms with Crippen molar-refractivity contribution >= 4 is 0 Å². The monoisotopic (exact) mass is 164 g/mol. The first-order valence-electron chi connectivity index (χ1n) is 4.61. The summed E-state index contributed by atoms with van der Waals surface area (Å²) in [6.45, 7) is 2.78. The van der Waals surface area contributed by atoms with Gasteiger partial charge < -0.3 is 5.32 Å². The van der Waals surface area contributed by atoms with E-state index in [2.05, 4.69) is 23.5 Å². The predicted octanol–water partition coefficient (Wildman–Crippen LogP) is 1.84. The summed E-state index contributed by atoms with van der Waals surface area (Å²) >= 11 is 0. The number of nitrogens with one attached hydrogen (secondary N) is 1. The summed E-state index contributed by atoms with van der Waals surface area (Å²) < 4.78 is 0. The van der Waals surface area contributed by atoms with Gasteiger partial charge in [-0.25, -0.2) is 0 Å². The van der Waals surface area contributed by atoms with Crippen LogP contribution < -0.4 is 5.32 Å². The third-order valence-corrected chi connectivity index (χ3v) is 2.20. The Morgan fingerprint density at radius 2 is 2.50 bits per heavy atom. The van der Waals surface area contributed by atoms with Crippen molar-refractivity contribution in [3.8, 4) is 6.07 Å². The first-order chi connectivity index (χ1) is 5.83. The molecule has 0 saturated carbocycles. The zero-order valence-corrected chi connectivity index (χ0v) is 7.59. The summed E-state index contributed by atoms with van der Waals surface area (Å²) in [5, 5.41) is 12.0. The van der Waals surface area contributed by atoms with E-state index < -0.39 is 0 Å². The molecule has 0 radical (unpaired) electrons.